The van der Waals surface area contributed by atoms with Crippen molar-refractivity contribution in [1.82, 2.24) is 4.90 Å². The maximum atomic E-state index is 8.70. The van der Waals surface area contributed by atoms with Gasteiger partial charge in [-0.15, -0.1) is 11.3 Å². The monoisotopic (exact) mass is 277 g/mol. The highest BCUT2D eigenvalue weighted by molar-refractivity contribution is 7.10. The molecule has 3 nitrogen and oxygen atoms in total. The number of fused-ring (bicyclic) bond motifs is 2. The van der Waals surface area contributed by atoms with Crippen LogP contribution < -0.4 is 0 Å². The second-order valence-corrected chi connectivity index (χ2v) is 6.22. The highest BCUT2D eigenvalue weighted by Crippen LogP contribution is 2.28. The van der Waals surface area contributed by atoms with Gasteiger partial charge in [-0.05, 0) is 18.9 Å². The molecule has 1 aromatic rings. The molecule has 0 aromatic carbocycles. The molecule has 102 valence electrons. The number of rotatable bonds is 3. The van der Waals surface area contributed by atoms with E-state index in [1.807, 2.05) is 0 Å². The zero-order chi connectivity index (χ0) is 13.1. The van der Waals surface area contributed by atoms with Crippen LogP contribution in [-0.4, -0.2) is 41.9 Å². The summed E-state index contributed by atoms with van der Waals surface area (Å²) in [5.41, 5.74) is 1.07. The molecule has 2 aliphatic rings. The third-order valence-electron chi connectivity index (χ3n) is 3.62. The van der Waals surface area contributed by atoms with Gasteiger partial charge in [-0.1, -0.05) is 11.8 Å². The predicted molar refractivity (Wildman–Crippen MR) is 76.1 cm³/mol. The predicted octanol–water partition coefficient (Wildman–Crippen LogP) is 1.85. The average Bonchev–Trinajstić information content (AvgIpc) is 2.97. The molecule has 2 atom stereocenters. The van der Waals surface area contributed by atoms with Gasteiger partial charge in [0, 0.05) is 41.9 Å². The molecule has 19 heavy (non-hydrogen) atoms. The fourth-order valence-corrected chi connectivity index (χ4v) is 3.66. The van der Waals surface area contributed by atoms with Crippen molar-refractivity contribution in [2.75, 3.05) is 19.7 Å². The van der Waals surface area contributed by atoms with E-state index in [2.05, 4.69) is 28.2 Å². The van der Waals surface area contributed by atoms with Crippen LogP contribution >= 0.6 is 11.3 Å². The Balaban J connectivity index is 1.57. The molecule has 0 aliphatic carbocycles. The summed E-state index contributed by atoms with van der Waals surface area (Å²) >= 11 is 1.78. The van der Waals surface area contributed by atoms with Crippen LogP contribution in [0.25, 0.3) is 0 Å². The Morgan fingerprint density at radius 3 is 2.89 bits per heavy atom. The highest BCUT2D eigenvalue weighted by atomic mass is 32.1. The van der Waals surface area contributed by atoms with Crippen LogP contribution in [-0.2, 0) is 11.3 Å². The highest BCUT2D eigenvalue weighted by Gasteiger charge is 2.33. The number of ether oxygens (including phenoxy) is 1. The van der Waals surface area contributed by atoms with Gasteiger partial charge in [-0.25, -0.2) is 0 Å². The summed E-state index contributed by atoms with van der Waals surface area (Å²) in [6.45, 7) is 3.29. The number of hydrogen-bond acceptors (Lipinski definition) is 4. The molecule has 0 spiro atoms. The van der Waals surface area contributed by atoms with Gasteiger partial charge in [0.2, 0.25) is 0 Å². The van der Waals surface area contributed by atoms with E-state index in [9.17, 15) is 0 Å². The molecule has 2 bridgehead atoms. The molecular formula is C15H19NO2S. The molecule has 3 heterocycles. The molecule has 3 rings (SSSR count). The summed E-state index contributed by atoms with van der Waals surface area (Å²) in [5, 5.41) is 10.8. The lowest BCUT2D eigenvalue weighted by Crippen LogP contribution is -2.41. The Morgan fingerprint density at radius 2 is 2.16 bits per heavy atom. The van der Waals surface area contributed by atoms with E-state index in [4.69, 9.17) is 9.84 Å². The van der Waals surface area contributed by atoms with Crippen molar-refractivity contribution in [3.05, 3.63) is 21.9 Å². The topological polar surface area (TPSA) is 32.7 Å². The fourth-order valence-electron chi connectivity index (χ4n) is 2.80. The zero-order valence-corrected chi connectivity index (χ0v) is 11.8. The molecule has 2 saturated heterocycles. The van der Waals surface area contributed by atoms with Gasteiger partial charge in [-0.3, -0.25) is 4.90 Å². The van der Waals surface area contributed by atoms with Gasteiger partial charge >= 0.3 is 0 Å². The third kappa shape index (κ3) is 3.37. The Hall–Kier alpha value is -0.860. The Morgan fingerprint density at radius 1 is 1.37 bits per heavy atom. The quantitative estimate of drug-likeness (QED) is 0.856. The molecular weight excluding hydrogens is 258 g/mol. The standard InChI is InChI=1S/C15H19NO2S/c17-6-2-1-3-12-7-15(19-11-12)10-16-8-13-4-5-14(9-16)18-13/h7,11,13-14,17H,2,4-6,8-10H2. The second kappa shape index (κ2) is 6.06. The minimum Gasteiger partial charge on any atom is -0.395 e. The third-order valence-corrected chi connectivity index (χ3v) is 4.54. The van der Waals surface area contributed by atoms with Crippen LogP contribution in [0.2, 0.25) is 0 Å². The van der Waals surface area contributed by atoms with Gasteiger partial charge in [0.05, 0.1) is 18.8 Å². The van der Waals surface area contributed by atoms with Crippen LogP contribution in [0.1, 0.15) is 29.7 Å². The van der Waals surface area contributed by atoms with E-state index in [0.29, 0.717) is 18.6 Å². The number of likely N-dealkylation sites (tertiary alicyclic amines) is 1. The molecule has 2 fully saturated rings. The molecule has 0 saturated carbocycles. The largest absolute Gasteiger partial charge is 0.395 e. The molecule has 4 heteroatoms. The minimum atomic E-state index is 0.139. The molecule has 2 unspecified atom stereocenters. The van der Waals surface area contributed by atoms with Gasteiger partial charge in [0.15, 0.2) is 0 Å². The van der Waals surface area contributed by atoms with E-state index in [-0.39, 0.29) is 6.61 Å². The van der Waals surface area contributed by atoms with Gasteiger partial charge in [0.25, 0.3) is 0 Å². The Labute approximate surface area is 118 Å². The number of morpholine rings is 1. The number of nitrogens with zero attached hydrogens (tertiary/aromatic N) is 1. The Bertz CT molecular complexity index is 476. The average molecular weight is 277 g/mol. The first kappa shape index (κ1) is 13.1. The van der Waals surface area contributed by atoms with Gasteiger partial charge in [0.1, 0.15) is 0 Å². The summed E-state index contributed by atoms with van der Waals surface area (Å²) in [6.07, 6.45) is 3.93. The van der Waals surface area contributed by atoms with Crippen LogP contribution in [0, 0.1) is 11.8 Å². The van der Waals surface area contributed by atoms with Crippen LogP contribution in [0.4, 0.5) is 0 Å². The maximum Gasteiger partial charge on any atom is 0.0707 e. The number of aliphatic hydroxyl groups is 1. The number of aliphatic hydroxyl groups excluding tert-OH is 1. The SMILES string of the molecule is OCCC#Cc1csc(CN2CC3CCC(C2)O3)c1. The molecule has 0 radical (unpaired) electrons. The van der Waals surface area contributed by atoms with Crippen molar-refractivity contribution in [2.24, 2.45) is 0 Å². The summed E-state index contributed by atoms with van der Waals surface area (Å²) in [5.74, 6) is 6.06. The maximum absolute atomic E-state index is 8.70. The van der Waals surface area contributed by atoms with Crippen LogP contribution in [0.5, 0.6) is 0 Å². The normalized spacial score (nSPS) is 26.2. The fraction of sp³-hybridized carbons (Fsp3) is 0.600. The van der Waals surface area contributed by atoms with Crippen LogP contribution in [0.15, 0.2) is 11.4 Å². The van der Waals surface area contributed by atoms with Crippen molar-refractivity contribution >= 4 is 11.3 Å². The first-order valence-electron chi connectivity index (χ1n) is 6.88. The smallest absolute Gasteiger partial charge is 0.0707 e. The lowest BCUT2D eigenvalue weighted by molar-refractivity contribution is -0.0407. The first-order valence-corrected chi connectivity index (χ1v) is 7.76. The lowest BCUT2D eigenvalue weighted by Gasteiger charge is -2.31. The first-order chi connectivity index (χ1) is 9.33. The zero-order valence-electron chi connectivity index (χ0n) is 11.0. The van der Waals surface area contributed by atoms with Crippen molar-refractivity contribution in [3.63, 3.8) is 0 Å². The molecule has 2 aliphatic heterocycles. The molecule has 1 N–H and O–H groups in total. The number of hydrogen-bond donors (Lipinski definition) is 1. The summed E-state index contributed by atoms with van der Waals surface area (Å²) in [4.78, 5) is 3.87. The summed E-state index contributed by atoms with van der Waals surface area (Å²) in [7, 11) is 0. The summed E-state index contributed by atoms with van der Waals surface area (Å²) < 4.78 is 5.85. The van der Waals surface area contributed by atoms with Crippen LogP contribution in [0.3, 0.4) is 0 Å². The van der Waals surface area contributed by atoms with E-state index >= 15 is 0 Å². The Kier molecular flexibility index (Phi) is 4.19. The minimum absolute atomic E-state index is 0.139. The molecule has 1 aromatic heterocycles. The van der Waals surface area contributed by atoms with Crippen molar-refractivity contribution in [3.8, 4) is 11.8 Å². The van der Waals surface area contributed by atoms with Crippen molar-refractivity contribution < 1.29 is 9.84 Å². The van der Waals surface area contributed by atoms with Gasteiger partial charge < -0.3 is 9.84 Å². The van der Waals surface area contributed by atoms with Gasteiger partial charge in [-0.2, -0.15) is 0 Å². The van der Waals surface area contributed by atoms with Crippen molar-refractivity contribution in [1.29, 1.82) is 0 Å². The van der Waals surface area contributed by atoms with E-state index in [0.717, 1.165) is 25.2 Å². The van der Waals surface area contributed by atoms with E-state index in [1.54, 1.807) is 11.3 Å². The summed E-state index contributed by atoms with van der Waals surface area (Å²) in [6, 6.07) is 2.17. The second-order valence-electron chi connectivity index (χ2n) is 5.23. The molecule has 0 amide bonds. The number of thiophene rings is 1. The lowest BCUT2D eigenvalue weighted by atomic mass is 10.2. The van der Waals surface area contributed by atoms with E-state index in [1.165, 1.54) is 17.7 Å². The van der Waals surface area contributed by atoms with E-state index < -0.39 is 0 Å². The van der Waals surface area contributed by atoms with Crippen molar-refractivity contribution in [2.45, 2.75) is 38.0 Å².